The van der Waals surface area contributed by atoms with E-state index in [-0.39, 0.29) is 0 Å². The van der Waals surface area contributed by atoms with Crippen molar-refractivity contribution >= 4 is 0 Å². The third-order valence-electron chi connectivity index (χ3n) is 3.97. The molecule has 2 fully saturated rings. The molecule has 0 N–H and O–H groups in total. The summed E-state index contributed by atoms with van der Waals surface area (Å²) in [5.74, 6) is 2.43. The monoisotopic (exact) mass is 372 g/mol. The molecule has 4 nitrogen and oxygen atoms in total. The second-order valence-corrected chi connectivity index (χ2v) is 6.57. The van der Waals surface area contributed by atoms with E-state index in [4.69, 9.17) is 18.9 Å². The summed E-state index contributed by atoms with van der Waals surface area (Å²) in [6.45, 7) is 11.4. The van der Waals surface area contributed by atoms with Crippen LogP contribution in [0.5, 0.6) is 11.5 Å². The summed E-state index contributed by atoms with van der Waals surface area (Å²) in [4.78, 5) is 0. The number of benzene rings is 2. The zero-order chi connectivity index (χ0) is 19.5. The third kappa shape index (κ3) is 8.94. The maximum Gasteiger partial charge on any atom is 0.119 e. The molecule has 2 aliphatic rings. The van der Waals surface area contributed by atoms with Gasteiger partial charge in [-0.15, -0.1) is 0 Å². The summed E-state index contributed by atoms with van der Waals surface area (Å²) >= 11 is 0. The van der Waals surface area contributed by atoms with Crippen molar-refractivity contribution in [3.8, 4) is 11.5 Å². The molecule has 4 rings (SSSR count). The molecule has 2 atom stereocenters. The fourth-order valence-electron chi connectivity index (χ4n) is 2.17. The van der Waals surface area contributed by atoms with Crippen molar-refractivity contribution in [1.82, 2.24) is 0 Å². The van der Waals surface area contributed by atoms with Crippen molar-refractivity contribution in [3.05, 3.63) is 60.2 Å². The van der Waals surface area contributed by atoms with Gasteiger partial charge in [0.15, 0.2) is 0 Å². The first kappa shape index (κ1) is 21.3. The van der Waals surface area contributed by atoms with E-state index >= 15 is 0 Å². The van der Waals surface area contributed by atoms with Gasteiger partial charge in [0, 0.05) is 0 Å². The second kappa shape index (κ2) is 11.6. The Hall–Kier alpha value is -2.04. The molecule has 2 saturated heterocycles. The molecule has 0 bridgehead atoms. The summed E-state index contributed by atoms with van der Waals surface area (Å²) in [6.07, 6.45) is 0.676. The quantitative estimate of drug-likeness (QED) is 0.636. The number of rotatable bonds is 7. The maximum atomic E-state index is 5.54. The van der Waals surface area contributed by atoms with Gasteiger partial charge in [-0.2, -0.15) is 0 Å². The predicted octanol–water partition coefficient (Wildman–Crippen LogP) is 5.08. The molecule has 2 heterocycles. The molecule has 0 saturated carbocycles. The van der Waals surface area contributed by atoms with Crippen molar-refractivity contribution in [2.45, 2.75) is 45.8 Å². The Morgan fingerprint density at radius 1 is 0.778 bits per heavy atom. The van der Waals surface area contributed by atoms with E-state index in [1.54, 1.807) is 0 Å². The lowest BCUT2D eigenvalue weighted by molar-refractivity contribution is 0.263. The highest BCUT2D eigenvalue weighted by molar-refractivity contribution is 5.28. The molecular weight excluding hydrogens is 340 g/mol. The molecule has 148 valence electrons. The largest absolute Gasteiger partial charge is 0.491 e. The fourth-order valence-corrected chi connectivity index (χ4v) is 2.17. The smallest absolute Gasteiger partial charge is 0.119 e. The van der Waals surface area contributed by atoms with E-state index in [1.807, 2.05) is 56.3 Å². The number of hydrogen-bond donors (Lipinski definition) is 0. The van der Waals surface area contributed by atoms with Gasteiger partial charge in [-0.25, -0.2) is 0 Å². The van der Waals surface area contributed by atoms with Crippen molar-refractivity contribution < 1.29 is 18.9 Å². The summed E-state index contributed by atoms with van der Waals surface area (Å²) < 4.78 is 21.0. The Balaban J connectivity index is 0.000000181. The molecule has 0 radical (unpaired) electrons. The first-order chi connectivity index (χ1) is 13.2. The molecule has 0 amide bonds. The maximum absolute atomic E-state index is 5.54. The van der Waals surface area contributed by atoms with Gasteiger partial charge in [-0.1, -0.05) is 58.0 Å². The predicted molar refractivity (Wildman–Crippen MR) is 109 cm³/mol. The van der Waals surface area contributed by atoms with Crippen LogP contribution in [0.2, 0.25) is 0 Å². The highest BCUT2D eigenvalue weighted by atomic mass is 16.6. The van der Waals surface area contributed by atoms with Gasteiger partial charge >= 0.3 is 0 Å². The van der Waals surface area contributed by atoms with Crippen LogP contribution in [0, 0.1) is 0 Å². The van der Waals surface area contributed by atoms with E-state index in [9.17, 15) is 0 Å². The van der Waals surface area contributed by atoms with Gasteiger partial charge in [-0.3, -0.25) is 0 Å². The molecule has 0 aliphatic carbocycles. The normalized spacial score (nSPS) is 19.1. The van der Waals surface area contributed by atoms with Crippen molar-refractivity contribution in [2.24, 2.45) is 0 Å². The van der Waals surface area contributed by atoms with E-state index in [0.29, 0.717) is 31.3 Å². The average Bonchev–Trinajstić information content (AvgIpc) is 3.63. The highest BCUT2D eigenvalue weighted by Gasteiger charge is 2.23. The zero-order valence-corrected chi connectivity index (χ0v) is 16.9. The number of epoxide rings is 2. The SMILES string of the molecule is CC.CC(C)c1ccc(OCC2CO2)cc1.c1ccc(OCC2CO2)cc1. The molecule has 2 unspecified atom stereocenters. The Labute approximate surface area is 163 Å². The van der Waals surface area contributed by atoms with Crippen LogP contribution in [0.3, 0.4) is 0 Å². The number of hydrogen-bond acceptors (Lipinski definition) is 4. The van der Waals surface area contributed by atoms with Gasteiger partial charge in [0.05, 0.1) is 13.2 Å². The Morgan fingerprint density at radius 2 is 1.22 bits per heavy atom. The highest BCUT2D eigenvalue weighted by Crippen LogP contribution is 2.19. The minimum atomic E-state index is 0.333. The Bertz CT molecular complexity index is 617. The lowest BCUT2D eigenvalue weighted by Crippen LogP contribution is -2.03. The van der Waals surface area contributed by atoms with Crippen LogP contribution in [0.4, 0.5) is 0 Å². The molecule has 4 heteroatoms. The van der Waals surface area contributed by atoms with Crippen molar-refractivity contribution in [1.29, 1.82) is 0 Å². The summed E-state index contributed by atoms with van der Waals surface area (Å²) in [5.41, 5.74) is 1.35. The van der Waals surface area contributed by atoms with Crippen LogP contribution >= 0.6 is 0 Å². The fraction of sp³-hybridized carbons (Fsp3) is 0.478. The third-order valence-corrected chi connectivity index (χ3v) is 3.97. The van der Waals surface area contributed by atoms with Crippen LogP contribution in [0.15, 0.2) is 54.6 Å². The standard InChI is InChI=1S/C12H16O2.C9H10O2.C2H6/c1-9(2)10-3-5-11(6-4-10)13-7-12-8-14-12;1-2-4-8(5-3-1)10-6-9-7-11-9;1-2/h3-6,9,12H,7-8H2,1-2H3;1-5,9H,6-7H2;1-2H3. The molecule has 2 aromatic carbocycles. The summed E-state index contributed by atoms with van der Waals surface area (Å²) in [6, 6.07) is 18.1. The number of para-hydroxylation sites is 1. The van der Waals surface area contributed by atoms with E-state index in [2.05, 4.69) is 26.0 Å². The van der Waals surface area contributed by atoms with E-state index in [1.165, 1.54) is 5.56 Å². The molecule has 0 aromatic heterocycles. The summed E-state index contributed by atoms with van der Waals surface area (Å²) in [5, 5.41) is 0. The summed E-state index contributed by atoms with van der Waals surface area (Å²) in [7, 11) is 0. The topological polar surface area (TPSA) is 43.5 Å². The minimum absolute atomic E-state index is 0.333. The zero-order valence-electron chi connectivity index (χ0n) is 16.9. The Kier molecular flexibility index (Phi) is 9.16. The minimum Gasteiger partial charge on any atom is -0.491 e. The van der Waals surface area contributed by atoms with Crippen molar-refractivity contribution in [2.75, 3.05) is 26.4 Å². The lowest BCUT2D eigenvalue weighted by Gasteiger charge is -2.07. The van der Waals surface area contributed by atoms with Crippen LogP contribution in [-0.4, -0.2) is 38.6 Å². The van der Waals surface area contributed by atoms with Gasteiger partial charge in [0.1, 0.15) is 36.9 Å². The Morgan fingerprint density at radius 3 is 1.63 bits per heavy atom. The second-order valence-electron chi connectivity index (χ2n) is 6.57. The van der Waals surface area contributed by atoms with Crippen LogP contribution in [0.25, 0.3) is 0 Å². The van der Waals surface area contributed by atoms with Gasteiger partial charge in [0.2, 0.25) is 0 Å². The molecule has 27 heavy (non-hydrogen) atoms. The van der Waals surface area contributed by atoms with Crippen LogP contribution in [0.1, 0.15) is 39.2 Å². The van der Waals surface area contributed by atoms with Crippen LogP contribution < -0.4 is 9.47 Å². The van der Waals surface area contributed by atoms with Crippen molar-refractivity contribution in [3.63, 3.8) is 0 Å². The van der Waals surface area contributed by atoms with Gasteiger partial charge in [-0.05, 0) is 35.7 Å². The number of ether oxygens (including phenoxy) is 4. The first-order valence-electron chi connectivity index (χ1n) is 9.84. The van der Waals surface area contributed by atoms with Gasteiger partial charge in [0.25, 0.3) is 0 Å². The molecule has 2 aromatic rings. The average molecular weight is 373 g/mol. The molecule has 2 aliphatic heterocycles. The lowest BCUT2D eigenvalue weighted by atomic mass is 10.0. The van der Waals surface area contributed by atoms with E-state index < -0.39 is 0 Å². The van der Waals surface area contributed by atoms with E-state index in [0.717, 1.165) is 24.7 Å². The molecule has 0 spiro atoms. The molecular formula is C23H32O4. The van der Waals surface area contributed by atoms with Gasteiger partial charge < -0.3 is 18.9 Å². The van der Waals surface area contributed by atoms with Crippen LogP contribution in [-0.2, 0) is 9.47 Å². The first-order valence-corrected chi connectivity index (χ1v) is 9.84.